The van der Waals surface area contributed by atoms with E-state index in [1.54, 1.807) is 17.6 Å². The number of halogens is 4. The van der Waals surface area contributed by atoms with Crippen molar-refractivity contribution in [2.45, 2.75) is 56.8 Å². The van der Waals surface area contributed by atoms with Crippen LogP contribution in [0, 0.1) is 11.3 Å². The fraction of sp³-hybridized carbons (Fsp3) is 0.310. The summed E-state index contributed by atoms with van der Waals surface area (Å²) in [5, 5.41) is 43.7. The van der Waals surface area contributed by atoms with Gasteiger partial charge in [0.05, 0.1) is 30.0 Å². The van der Waals surface area contributed by atoms with Crippen molar-refractivity contribution in [2.24, 2.45) is 0 Å². The average Bonchev–Trinajstić information content (AvgIpc) is 3.55. The number of aliphatic hydroxyl groups is 2. The molecule has 0 radical (unpaired) electrons. The van der Waals surface area contributed by atoms with Crippen molar-refractivity contribution in [3.05, 3.63) is 71.3 Å². The lowest BCUT2D eigenvalue weighted by atomic mass is 9.99. The van der Waals surface area contributed by atoms with Crippen LogP contribution in [0.1, 0.15) is 36.9 Å². The van der Waals surface area contributed by atoms with E-state index in [9.17, 15) is 33.4 Å². The fourth-order valence-corrected chi connectivity index (χ4v) is 4.98. The van der Waals surface area contributed by atoms with Gasteiger partial charge >= 0.3 is 12.1 Å². The number of nitrogens with one attached hydrogen (secondary N) is 2. The molecule has 1 amide bonds. The predicted octanol–water partition coefficient (Wildman–Crippen LogP) is 3.83. The van der Waals surface area contributed by atoms with E-state index in [0.717, 1.165) is 16.7 Å². The van der Waals surface area contributed by atoms with Crippen LogP contribution in [-0.2, 0) is 16.1 Å². The van der Waals surface area contributed by atoms with E-state index in [2.05, 4.69) is 31.7 Å². The maximum Gasteiger partial charge on any atom is 0.490 e. The molecule has 0 unspecified atom stereocenters. The number of aliphatic hydroxyl groups excluding tert-OH is 2. The molecule has 2 aromatic carbocycles. The van der Waals surface area contributed by atoms with Gasteiger partial charge in [0.1, 0.15) is 12.2 Å². The summed E-state index contributed by atoms with van der Waals surface area (Å²) < 4.78 is 33.4. The number of nitriles is 1. The molecule has 1 saturated carbocycles. The molecular weight excluding hydrogens is 619 g/mol. The lowest BCUT2D eigenvalue weighted by Gasteiger charge is -2.18. The van der Waals surface area contributed by atoms with Crippen LogP contribution in [-0.4, -0.2) is 71.1 Å². The predicted molar refractivity (Wildman–Crippen MR) is 156 cm³/mol. The summed E-state index contributed by atoms with van der Waals surface area (Å²) in [5.74, 6) is -2.52. The van der Waals surface area contributed by atoms with Gasteiger partial charge < -0.3 is 30.5 Å². The molecule has 236 valence electrons. The lowest BCUT2D eigenvalue weighted by Crippen LogP contribution is -2.42. The summed E-state index contributed by atoms with van der Waals surface area (Å²) in [6.45, 7) is 2.16. The third kappa shape index (κ3) is 7.66. The number of fused-ring (bicyclic) bond motifs is 1. The van der Waals surface area contributed by atoms with Crippen LogP contribution in [0.2, 0.25) is 5.28 Å². The Kier molecular flexibility index (Phi) is 10.2. The van der Waals surface area contributed by atoms with E-state index < -0.39 is 36.4 Å². The van der Waals surface area contributed by atoms with Gasteiger partial charge in [0.15, 0.2) is 17.0 Å². The van der Waals surface area contributed by atoms with Gasteiger partial charge in [-0.15, -0.1) is 0 Å². The van der Waals surface area contributed by atoms with Gasteiger partial charge in [-0.3, -0.25) is 4.79 Å². The Bertz CT molecular complexity index is 1730. The van der Waals surface area contributed by atoms with Crippen LogP contribution in [0.4, 0.5) is 19.0 Å². The highest BCUT2D eigenvalue weighted by molar-refractivity contribution is 6.28. The van der Waals surface area contributed by atoms with Crippen LogP contribution in [0.5, 0.6) is 0 Å². The van der Waals surface area contributed by atoms with Gasteiger partial charge in [0, 0.05) is 13.0 Å². The molecule has 4 atom stereocenters. The second kappa shape index (κ2) is 13.9. The molecule has 2 heterocycles. The number of imidazole rings is 1. The fourth-order valence-electron chi connectivity index (χ4n) is 4.81. The number of anilines is 1. The topological polar surface area (TPSA) is 186 Å². The Balaban J connectivity index is 0.000000591. The molecule has 0 saturated heterocycles. The number of aliphatic carboxylic acids is 1. The van der Waals surface area contributed by atoms with Gasteiger partial charge in [-0.2, -0.15) is 28.4 Å². The zero-order valence-corrected chi connectivity index (χ0v) is 24.3. The normalized spacial score (nSPS) is 19.3. The molecule has 4 aromatic rings. The Morgan fingerprint density at radius 2 is 1.78 bits per heavy atom. The van der Waals surface area contributed by atoms with Crippen LogP contribution < -0.4 is 10.6 Å². The Morgan fingerprint density at radius 3 is 2.40 bits per heavy atom. The molecule has 1 fully saturated rings. The standard InChI is InChI=1S/C27H26ClN7O3.C2HF3O2/c1-2-21(36)32-19-11-20(24(38)23(19)37)35-14-31-22-25(33-27(28)34-26(22)35)30-13-15-7-9-16(10-8-15)18-6-4-3-5-17(18)12-29;3-2(4,5)1(6)7/h3-10,14,19-20,23-24,37-38H,2,11,13H2,1H3,(H,32,36)(H,30,33,34);(H,6,7)/t19-,20+,23+,24-;/m0./s1. The van der Waals surface area contributed by atoms with E-state index >= 15 is 0 Å². The number of carboxylic acid groups (broad SMARTS) is 1. The molecule has 45 heavy (non-hydrogen) atoms. The zero-order valence-electron chi connectivity index (χ0n) is 23.5. The lowest BCUT2D eigenvalue weighted by molar-refractivity contribution is -0.192. The highest BCUT2D eigenvalue weighted by Gasteiger charge is 2.43. The number of aromatic nitrogens is 4. The third-order valence-electron chi connectivity index (χ3n) is 7.09. The largest absolute Gasteiger partial charge is 0.490 e. The number of rotatable bonds is 7. The molecule has 2 aromatic heterocycles. The maximum atomic E-state index is 11.8. The van der Waals surface area contributed by atoms with Gasteiger partial charge in [-0.1, -0.05) is 49.4 Å². The molecule has 5 N–H and O–H groups in total. The van der Waals surface area contributed by atoms with Gasteiger partial charge in [-0.05, 0) is 40.8 Å². The number of carbonyl (C=O) groups excluding carboxylic acids is 1. The molecule has 1 aliphatic rings. The second-order valence-corrected chi connectivity index (χ2v) is 10.3. The zero-order chi connectivity index (χ0) is 32.9. The summed E-state index contributed by atoms with van der Waals surface area (Å²) in [6, 6.07) is 16.4. The minimum absolute atomic E-state index is 0.00841. The van der Waals surface area contributed by atoms with Crippen LogP contribution in [0.25, 0.3) is 22.3 Å². The molecule has 0 aliphatic heterocycles. The summed E-state index contributed by atoms with van der Waals surface area (Å²) in [7, 11) is 0. The smallest absolute Gasteiger partial charge is 0.475 e. The molecule has 16 heteroatoms. The van der Waals surface area contributed by atoms with E-state index in [-0.39, 0.29) is 17.6 Å². The SMILES string of the molecule is CCC(=O)N[C@H]1C[C@@H](n2cnc3c(NCc4ccc(-c5ccccc5C#N)cc4)nc(Cl)nc32)[C@H](O)[C@@H]1O.O=C(O)C(F)(F)F. The minimum atomic E-state index is -5.08. The highest BCUT2D eigenvalue weighted by Crippen LogP contribution is 2.34. The number of hydrogen-bond donors (Lipinski definition) is 5. The van der Waals surface area contributed by atoms with Crippen molar-refractivity contribution in [3.63, 3.8) is 0 Å². The van der Waals surface area contributed by atoms with E-state index in [1.807, 2.05) is 42.5 Å². The first kappa shape index (κ1) is 33.1. The Hall–Kier alpha value is -4.78. The van der Waals surface area contributed by atoms with Crippen molar-refractivity contribution < 1.29 is 38.1 Å². The van der Waals surface area contributed by atoms with Crippen molar-refractivity contribution in [1.82, 2.24) is 24.8 Å². The Morgan fingerprint density at radius 1 is 1.11 bits per heavy atom. The Labute approximate surface area is 259 Å². The van der Waals surface area contributed by atoms with Crippen molar-refractivity contribution in [2.75, 3.05) is 5.32 Å². The number of benzene rings is 2. The molecule has 0 bridgehead atoms. The molecule has 1 aliphatic carbocycles. The first-order valence-corrected chi connectivity index (χ1v) is 13.9. The first-order valence-electron chi connectivity index (χ1n) is 13.5. The summed E-state index contributed by atoms with van der Waals surface area (Å²) in [5.41, 5.74) is 4.30. The van der Waals surface area contributed by atoms with Crippen LogP contribution in [0.3, 0.4) is 0 Å². The summed E-state index contributed by atoms with van der Waals surface area (Å²) >= 11 is 6.24. The summed E-state index contributed by atoms with van der Waals surface area (Å²) in [6.07, 6.45) is -5.19. The minimum Gasteiger partial charge on any atom is -0.475 e. The van der Waals surface area contributed by atoms with Crippen LogP contribution >= 0.6 is 11.6 Å². The number of amides is 1. The van der Waals surface area contributed by atoms with Crippen molar-refractivity contribution in [1.29, 1.82) is 5.26 Å². The van der Waals surface area contributed by atoms with Crippen molar-refractivity contribution in [3.8, 4) is 17.2 Å². The molecular formula is C29H27ClF3N7O5. The van der Waals surface area contributed by atoms with Crippen molar-refractivity contribution >= 4 is 40.5 Å². The molecule has 0 spiro atoms. The van der Waals surface area contributed by atoms with E-state index in [1.165, 1.54) is 6.33 Å². The quantitative estimate of drug-likeness (QED) is 0.185. The third-order valence-corrected chi connectivity index (χ3v) is 7.25. The van der Waals surface area contributed by atoms with Gasteiger partial charge in [0.25, 0.3) is 0 Å². The van der Waals surface area contributed by atoms with Gasteiger partial charge in [0.2, 0.25) is 11.2 Å². The molecule has 12 nitrogen and oxygen atoms in total. The average molecular weight is 646 g/mol. The maximum absolute atomic E-state index is 11.8. The number of carbonyl (C=O) groups is 2. The number of nitrogens with zero attached hydrogens (tertiary/aromatic N) is 5. The first-order chi connectivity index (χ1) is 21.3. The second-order valence-electron chi connectivity index (χ2n) is 9.99. The van der Waals surface area contributed by atoms with Crippen LogP contribution in [0.15, 0.2) is 54.9 Å². The highest BCUT2D eigenvalue weighted by atomic mass is 35.5. The number of hydrogen-bond acceptors (Lipinski definition) is 9. The molecule has 5 rings (SSSR count). The summed E-state index contributed by atoms with van der Waals surface area (Å²) in [4.78, 5) is 33.8. The number of carboxylic acids is 1. The number of alkyl halides is 3. The van der Waals surface area contributed by atoms with Gasteiger partial charge in [-0.25, -0.2) is 9.78 Å². The van der Waals surface area contributed by atoms with E-state index in [0.29, 0.717) is 35.5 Å². The van der Waals surface area contributed by atoms with E-state index in [4.69, 9.17) is 21.5 Å². The monoisotopic (exact) mass is 645 g/mol.